The van der Waals surface area contributed by atoms with Crippen molar-refractivity contribution >= 4 is 5.82 Å². The molecule has 0 aliphatic heterocycles. The maximum absolute atomic E-state index is 4.94. The first-order valence-electron chi connectivity index (χ1n) is 8.75. The number of aryl methyl sites for hydroxylation is 1. The molecule has 1 saturated carbocycles. The van der Waals surface area contributed by atoms with Crippen molar-refractivity contribution in [2.45, 2.75) is 71.9 Å². The van der Waals surface area contributed by atoms with Crippen LogP contribution in [0.2, 0.25) is 0 Å². The summed E-state index contributed by atoms with van der Waals surface area (Å²) in [6, 6.07) is 5.32. The Balaban J connectivity index is 2.19. The van der Waals surface area contributed by atoms with Crippen LogP contribution in [-0.2, 0) is 13.0 Å². The van der Waals surface area contributed by atoms with E-state index >= 15 is 0 Å². The molecule has 0 spiro atoms. The van der Waals surface area contributed by atoms with E-state index in [1.807, 2.05) is 0 Å². The lowest BCUT2D eigenvalue weighted by molar-refractivity contribution is 0.694. The SMILES string of the molecule is CCCCN(c1cc(CNCC)cc(CCC)n1)C1CC1. The van der Waals surface area contributed by atoms with Crippen molar-refractivity contribution in [3.8, 4) is 0 Å². The van der Waals surface area contributed by atoms with Gasteiger partial charge in [-0.3, -0.25) is 0 Å². The molecule has 3 nitrogen and oxygen atoms in total. The Bertz CT molecular complexity index is 426. The Morgan fingerprint density at radius 1 is 1.19 bits per heavy atom. The summed E-state index contributed by atoms with van der Waals surface area (Å²) in [5.41, 5.74) is 2.64. The fourth-order valence-electron chi connectivity index (χ4n) is 2.73. The molecular formula is C18H31N3. The molecular weight excluding hydrogens is 258 g/mol. The van der Waals surface area contributed by atoms with Crippen LogP contribution in [-0.4, -0.2) is 24.1 Å². The lowest BCUT2D eigenvalue weighted by Gasteiger charge is -2.24. The number of pyridine rings is 1. The fraction of sp³-hybridized carbons (Fsp3) is 0.722. The summed E-state index contributed by atoms with van der Waals surface area (Å²) in [6.45, 7) is 9.78. The summed E-state index contributed by atoms with van der Waals surface area (Å²) in [5, 5.41) is 3.44. The van der Waals surface area contributed by atoms with Crippen molar-refractivity contribution in [2.75, 3.05) is 18.0 Å². The Hall–Kier alpha value is -1.09. The molecule has 2 rings (SSSR count). The van der Waals surface area contributed by atoms with Crippen molar-refractivity contribution in [1.82, 2.24) is 10.3 Å². The Kier molecular flexibility index (Phi) is 6.50. The van der Waals surface area contributed by atoms with E-state index in [1.54, 1.807) is 0 Å². The number of aromatic nitrogens is 1. The van der Waals surface area contributed by atoms with Gasteiger partial charge < -0.3 is 10.2 Å². The molecule has 1 heterocycles. The molecule has 1 aliphatic rings. The van der Waals surface area contributed by atoms with Crippen molar-refractivity contribution < 1.29 is 0 Å². The predicted octanol–water partition coefficient (Wildman–Crippen LogP) is 3.91. The average Bonchev–Trinajstić information content (AvgIpc) is 3.30. The zero-order chi connectivity index (χ0) is 15.1. The number of nitrogens with zero attached hydrogens (tertiary/aromatic N) is 2. The molecule has 1 aromatic rings. The lowest BCUT2D eigenvalue weighted by atomic mass is 10.1. The summed E-state index contributed by atoms with van der Waals surface area (Å²) in [6.07, 6.45) is 7.44. The van der Waals surface area contributed by atoms with Crippen molar-refractivity contribution in [2.24, 2.45) is 0 Å². The molecule has 118 valence electrons. The summed E-state index contributed by atoms with van der Waals surface area (Å²) in [7, 11) is 0. The molecule has 1 aromatic heterocycles. The molecule has 1 fully saturated rings. The Morgan fingerprint density at radius 3 is 2.62 bits per heavy atom. The molecule has 3 heteroatoms. The first-order chi connectivity index (χ1) is 10.3. The van der Waals surface area contributed by atoms with Gasteiger partial charge in [0.15, 0.2) is 0 Å². The molecule has 0 bridgehead atoms. The van der Waals surface area contributed by atoms with Crippen LogP contribution < -0.4 is 10.2 Å². The topological polar surface area (TPSA) is 28.2 Å². The molecule has 21 heavy (non-hydrogen) atoms. The molecule has 0 atom stereocenters. The summed E-state index contributed by atoms with van der Waals surface area (Å²) in [5.74, 6) is 1.21. The second kappa shape index (κ2) is 8.38. The minimum atomic E-state index is 0.743. The van der Waals surface area contributed by atoms with Crippen LogP contribution in [0.4, 0.5) is 5.82 Å². The van der Waals surface area contributed by atoms with E-state index in [1.165, 1.54) is 42.8 Å². The van der Waals surface area contributed by atoms with Gasteiger partial charge in [0.1, 0.15) is 5.82 Å². The van der Waals surface area contributed by atoms with Crippen LogP contribution in [0.3, 0.4) is 0 Å². The number of hydrogen-bond acceptors (Lipinski definition) is 3. The van der Waals surface area contributed by atoms with Gasteiger partial charge in [-0.25, -0.2) is 4.98 Å². The third-order valence-electron chi connectivity index (χ3n) is 4.04. The first-order valence-corrected chi connectivity index (χ1v) is 8.75. The van der Waals surface area contributed by atoms with E-state index in [0.717, 1.165) is 38.5 Å². The van der Waals surface area contributed by atoms with Gasteiger partial charge in [-0.05, 0) is 49.9 Å². The number of rotatable bonds is 10. The molecule has 0 radical (unpaired) electrons. The first kappa shape index (κ1) is 16.3. The van der Waals surface area contributed by atoms with Crippen molar-refractivity contribution in [3.63, 3.8) is 0 Å². The molecule has 0 aromatic carbocycles. The fourth-order valence-corrected chi connectivity index (χ4v) is 2.73. The highest BCUT2D eigenvalue weighted by Crippen LogP contribution is 2.31. The van der Waals surface area contributed by atoms with Gasteiger partial charge >= 0.3 is 0 Å². The zero-order valence-electron chi connectivity index (χ0n) is 14.0. The summed E-state index contributed by atoms with van der Waals surface area (Å²) >= 11 is 0. The minimum Gasteiger partial charge on any atom is -0.354 e. The van der Waals surface area contributed by atoms with Crippen molar-refractivity contribution in [1.29, 1.82) is 0 Å². The van der Waals surface area contributed by atoms with Crippen LogP contribution in [0.15, 0.2) is 12.1 Å². The van der Waals surface area contributed by atoms with E-state index in [4.69, 9.17) is 4.98 Å². The quantitative estimate of drug-likeness (QED) is 0.708. The van der Waals surface area contributed by atoms with E-state index < -0.39 is 0 Å². The number of anilines is 1. The summed E-state index contributed by atoms with van der Waals surface area (Å²) < 4.78 is 0. The van der Waals surface area contributed by atoms with Crippen LogP contribution in [0, 0.1) is 0 Å². The van der Waals surface area contributed by atoms with Crippen molar-refractivity contribution in [3.05, 3.63) is 23.4 Å². The predicted molar refractivity (Wildman–Crippen MR) is 90.9 cm³/mol. The molecule has 1 aliphatic carbocycles. The molecule has 0 unspecified atom stereocenters. The third-order valence-corrected chi connectivity index (χ3v) is 4.04. The van der Waals surface area contributed by atoms with Crippen LogP contribution in [0.5, 0.6) is 0 Å². The van der Waals surface area contributed by atoms with Crippen LogP contribution in [0.25, 0.3) is 0 Å². The van der Waals surface area contributed by atoms with Gasteiger partial charge in [0.05, 0.1) is 0 Å². The second-order valence-electron chi connectivity index (χ2n) is 6.13. The van der Waals surface area contributed by atoms with Crippen LogP contribution >= 0.6 is 0 Å². The van der Waals surface area contributed by atoms with Crippen LogP contribution in [0.1, 0.15) is 64.1 Å². The highest BCUT2D eigenvalue weighted by Gasteiger charge is 2.29. The Labute approximate surface area is 130 Å². The number of nitrogens with one attached hydrogen (secondary N) is 1. The molecule has 0 saturated heterocycles. The average molecular weight is 289 g/mol. The highest BCUT2D eigenvalue weighted by molar-refractivity contribution is 5.45. The number of unbranched alkanes of at least 4 members (excludes halogenated alkanes) is 1. The Morgan fingerprint density at radius 2 is 2.00 bits per heavy atom. The second-order valence-corrected chi connectivity index (χ2v) is 6.13. The molecule has 1 N–H and O–H groups in total. The van der Waals surface area contributed by atoms with E-state index in [0.29, 0.717) is 0 Å². The maximum Gasteiger partial charge on any atom is 0.129 e. The maximum atomic E-state index is 4.94. The monoisotopic (exact) mass is 289 g/mol. The van der Waals surface area contributed by atoms with E-state index in [2.05, 4.69) is 43.1 Å². The normalized spacial score (nSPS) is 14.4. The number of hydrogen-bond donors (Lipinski definition) is 1. The minimum absolute atomic E-state index is 0.743. The lowest BCUT2D eigenvalue weighted by Crippen LogP contribution is -2.28. The smallest absolute Gasteiger partial charge is 0.129 e. The summed E-state index contributed by atoms with van der Waals surface area (Å²) in [4.78, 5) is 7.50. The molecule has 0 amide bonds. The highest BCUT2D eigenvalue weighted by atomic mass is 15.2. The van der Waals surface area contributed by atoms with Gasteiger partial charge in [0.2, 0.25) is 0 Å². The van der Waals surface area contributed by atoms with E-state index in [-0.39, 0.29) is 0 Å². The van der Waals surface area contributed by atoms with E-state index in [9.17, 15) is 0 Å². The largest absolute Gasteiger partial charge is 0.354 e. The van der Waals surface area contributed by atoms with Gasteiger partial charge in [0.25, 0.3) is 0 Å². The standard InChI is InChI=1S/C18H31N3/c1-4-7-11-21(17-9-10-17)18-13-15(14-19-6-3)12-16(20-18)8-5-2/h12-13,17,19H,4-11,14H2,1-3H3. The van der Waals surface area contributed by atoms with Gasteiger partial charge in [-0.2, -0.15) is 0 Å². The van der Waals surface area contributed by atoms with Gasteiger partial charge in [-0.15, -0.1) is 0 Å². The third kappa shape index (κ3) is 4.99. The van der Waals surface area contributed by atoms with Gasteiger partial charge in [0, 0.05) is 24.8 Å². The van der Waals surface area contributed by atoms with Gasteiger partial charge in [-0.1, -0.05) is 33.6 Å². The zero-order valence-corrected chi connectivity index (χ0v) is 14.0.